The van der Waals surface area contributed by atoms with Gasteiger partial charge in [-0.2, -0.15) is 5.10 Å². The van der Waals surface area contributed by atoms with Crippen molar-refractivity contribution in [2.75, 3.05) is 13.1 Å². The van der Waals surface area contributed by atoms with Crippen LogP contribution in [0.5, 0.6) is 0 Å². The molecule has 2 aromatic heterocycles. The van der Waals surface area contributed by atoms with Crippen LogP contribution in [0.1, 0.15) is 61.1 Å². The predicted octanol–water partition coefficient (Wildman–Crippen LogP) is 3.55. The average Bonchev–Trinajstić information content (AvgIpc) is 3.21. The molecule has 0 aliphatic carbocycles. The van der Waals surface area contributed by atoms with Crippen LogP contribution in [0, 0.1) is 5.41 Å². The molecule has 10 nitrogen and oxygen atoms in total. The van der Waals surface area contributed by atoms with Gasteiger partial charge in [-0.05, 0) is 57.9 Å². The zero-order chi connectivity index (χ0) is 25.3. The maximum absolute atomic E-state index is 12.9. The molecule has 184 valence electrons. The van der Waals surface area contributed by atoms with Gasteiger partial charge in [0.05, 0.1) is 11.9 Å². The molecule has 11 heteroatoms. The highest BCUT2D eigenvalue weighted by Crippen LogP contribution is 2.28. The van der Waals surface area contributed by atoms with Crippen molar-refractivity contribution in [1.82, 2.24) is 24.8 Å². The Morgan fingerprint density at radius 3 is 2.49 bits per heavy atom. The fourth-order valence-corrected chi connectivity index (χ4v) is 4.15. The third-order valence-electron chi connectivity index (χ3n) is 5.72. The summed E-state index contributed by atoms with van der Waals surface area (Å²) in [6.07, 6.45) is 2.27. The smallest absolute Gasteiger partial charge is 0.410 e. The number of likely N-dealkylation sites (tertiary alicyclic amines) is 1. The van der Waals surface area contributed by atoms with Crippen molar-refractivity contribution >= 4 is 35.1 Å². The van der Waals surface area contributed by atoms with Crippen molar-refractivity contribution in [2.24, 2.45) is 0 Å². The first kappa shape index (κ1) is 24.5. The number of piperidine rings is 1. The van der Waals surface area contributed by atoms with Gasteiger partial charge in [-0.15, -0.1) is 0 Å². The highest BCUT2D eigenvalue weighted by atomic mass is 35.5. The first-order valence-corrected chi connectivity index (χ1v) is 11.6. The van der Waals surface area contributed by atoms with Gasteiger partial charge in [-0.25, -0.2) is 9.31 Å². The van der Waals surface area contributed by atoms with E-state index in [9.17, 15) is 14.4 Å². The lowest BCUT2D eigenvalue weighted by molar-refractivity contribution is 0.0203. The first-order chi connectivity index (χ1) is 16.5. The normalized spacial score (nSPS) is 14.7. The molecule has 3 heterocycles. The number of fused-ring (bicyclic) bond motifs is 1. The second-order valence-corrected chi connectivity index (χ2v) is 9.89. The van der Waals surface area contributed by atoms with Crippen LogP contribution >= 0.6 is 11.6 Å². The van der Waals surface area contributed by atoms with Gasteiger partial charge in [0, 0.05) is 35.7 Å². The molecule has 4 rings (SSSR count). The van der Waals surface area contributed by atoms with Crippen molar-refractivity contribution in [3.8, 4) is 0 Å². The van der Waals surface area contributed by atoms with E-state index in [2.05, 4.69) is 15.4 Å². The number of ether oxygens (including phenoxy) is 1. The molecule has 1 aliphatic rings. The molecule has 3 aromatic rings. The number of benzene rings is 1. The predicted molar refractivity (Wildman–Crippen MR) is 131 cm³/mol. The van der Waals surface area contributed by atoms with E-state index in [4.69, 9.17) is 21.7 Å². The van der Waals surface area contributed by atoms with E-state index in [1.807, 2.05) is 20.8 Å². The van der Waals surface area contributed by atoms with Gasteiger partial charge in [0.1, 0.15) is 22.6 Å². The second kappa shape index (κ2) is 9.53. The minimum Gasteiger partial charge on any atom is -0.444 e. The molecule has 0 saturated carbocycles. The number of hydrogen-bond donors (Lipinski definition) is 3. The number of rotatable bonds is 3. The van der Waals surface area contributed by atoms with Crippen LogP contribution in [0.3, 0.4) is 0 Å². The number of H-pyrrole nitrogens is 1. The molecule has 1 aromatic carbocycles. The Morgan fingerprint density at radius 1 is 1.20 bits per heavy atom. The van der Waals surface area contributed by atoms with Crippen LogP contribution in [0.25, 0.3) is 5.65 Å². The highest BCUT2D eigenvalue weighted by Gasteiger charge is 2.29. The van der Waals surface area contributed by atoms with Crippen molar-refractivity contribution in [3.63, 3.8) is 0 Å². The third kappa shape index (κ3) is 5.54. The van der Waals surface area contributed by atoms with Crippen LogP contribution in [0.15, 0.2) is 41.3 Å². The van der Waals surface area contributed by atoms with Crippen molar-refractivity contribution < 1.29 is 14.3 Å². The van der Waals surface area contributed by atoms with Crippen LogP contribution in [0.4, 0.5) is 4.79 Å². The second-order valence-electron chi connectivity index (χ2n) is 9.45. The topological polar surface area (TPSA) is 133 Å². The van der Waals surface area contributed by atoms with Crippen molar-refractivity contribution in [1.29, 1.82) is 5.41 Å². The zero-order valence-corrected chi connectivity index (χ0v) is 20.5. The maximum Gasteiger partial charge on any atom is 0.410 e. The number of nitrogens with one attached hydrogen (secondary N) is 3. The zero-order valence-electron chi connectivity index (χ0n) is 19.7. The van der Waals surface area contributed by atoms with Gasteiger partial charge in [0.25, 0.3) is 11.5 Å². The lowest BCUT2D eigenvalue weighted by Gasteiger charge is -2.33. The number of carbonyl (C=O) groups is 2. The Bertz CT molecular complexity index is 1330. The first-order valence-electron chi connectivity index (χ1n) is 11.3. The number of amidine groups is 1. The summed E-state index contributed by atoms with van der Waals surface area (Å²) >= 11 is 5.88. The SMILES string of the molecule is CC(C)(C)OC(=O)N1CCC(c2cc(=O)[nH]c3c(C(=O)NC(=N)c4ccc(Cl)cc4)cnn23)CC1. The fourth-order valence-electron chi connectivity index (χ4n) is 4.02. The van der Waals surface area contributed by atoms with Crippen LogP contribution in [-0.4, -0.2) is 56.0 Å². The summed E-state index contributed by atoms with van der Waals surface area (Å²) in [6.45, 7) is 6.45. The molecule has 35 heavy (non-hydrogen) atoms. The van der Waals surface area contributed by atoms with E-state index in [0.29, 0.717) is 42.2 Å². The standard InChI is InChI=1S/C24H27ClN6O4/c1-24(2,3)35-23(34)30-10-8-14(9-11-30)18-12-19(32)28-21-17(13-27-31(18)21)22(33)29-20(26)15-4-6-16(25)7-5-15/h4-7,12-14H,8-11H2,1-3H3,(H,28,32)(H2,26,29,33). The molecule has 1 fully saturated rings. The number of nitrogens with zero attached hydrogens (tertiary/aromatic N) is 3. The maximum atomic E-state index is 12.9. The van der Waals surface area contributed by atoms with Gasteiger partial charge < -0.3 is 19.9 Å². The molecular weight excluding hydrogens is 472 g/mol. The van der Waals surface area contributed by atoms with E-state index in [0.717, 1.165) is 0 Å². The molecular formula is C24H27ClN6O4. The lowest BCUT2D eigenvalue weighted by atomic mass is 9.93. The van der Waals surface area contributed by atoms with Gasteiger partial charge in [-0.1, -0.05) is 11.6 Å². The van der Waals surface area contributed by atoms with Gasteiger partial charge >= 0.3 is 6.09 Å². The molecule has 1 saturated heterocycles. The molecule has 0 unspecified atom stereocenters. The van der Waals surface area contributed by atoms with Crippen molar-refractivity contribution in [2.45, 2.75) is 45.1 Å². The molecule has 0 atom stereocenters. The minimum absolute atomic E-state index is 0.0262. The number of amides is 2. The molecule has 0 spiro atoms. The van der Waals surface area contributed by atoms with Crippen LogP contribution in [0.2, 0.25) is 5.02 Å². The molecule has 0 bridgehead atoms. The molecule has 3 N–H and O–H groups in total. The van der Waals surface area contributed by atoms with E-state index < -0.39 is 11.5 Å². The summed E-state index contributed by atoms with van der Waals surface area (Å²) in [5.41, 5.74) is 0.634. The quantitative estimate of drug-likeness (QED) is 0.375. The number of hydrogen-bond acceptors (Lipinski definition) is 6. The average molecular weight is 499 g/mol. The van der Waals surface area contributed by atoms with Crippen molar-refractivity contribution in [3.05, 3.63) is 68.7 Å². The van der Waals surface area contributed by atoms with Crippen LogP contribution in [-0.2, 0) is 4.74 Å². The van der Waals surface area contributed by atoms with E-state index >= 15 is 0 Å². The van der Waals surface area contributed by atoms with E-state index in [1.54, 1.807) is 33.7 Å². The summed E-state index contributed by atoms with van der Waals surface area (Å²) in [5.74, 6) is -0.687. The fraction of sp³-hybridized carbons (Fsp3) is 0.375. The minimum atomic E-state index is -0.567. The lowest BCUT2D eigenvalue weighted by Crippen LogP contribution is -2.41. The summed E-state index contributed by atoms with van der Waals surface area (Å²) in [6, 6.07) is 8.00. The Kier molecular flexibility index (Phi) is 6.66. The third-order valence-corrected chi connectivity index (χ3v) is 5.97. The Morgan fingerprint density at radius 2 is 1.86 bits per heavy atom. The monoisotopic (exact) mass is 498 g/mol. The largest absolute Gasteiger partial charge is 0.444 e. The molecule has 1 aliphatic heterocycles. The Labute approximate surface area is 206 Å². The Hall–Kier alpha value is -3.66. The van der Waals surface area contributed by atoms with E-state index in [1.165, 1.54) is 12.3 Å². The number of halogens is 1. The number of carbonyl (C=O) groups excluding carboxylic acids is 2. The summed E-state index contributed by atoms with van der Waals surface area (Å²) in [5, 5.41) is 15.6. The summed E-state index contributed by atoms with van der Waals surface area (Å²) in [7, 11) is 0. The highest BCUT2D eigenvalue weighted by molar-refractivity contribution is 6.30. The van der Waals surface area contributed by atoms with Gasteiger partial charge in [0.15, 0.2) is 0 Å². The Balaban J connectivity index is 1.52. The van der Waals surface area contributed by atoms with Gasteiger partial charge in [-0.3, -0.25) is 15.0 Å². The summed E-state index contributed by atoms with van der Waals surface area (Å²) < 4.78 is 7.00. The van der Waals surface area contributed by atoms with Gasteiger partial charge in [0.2, 0.25) is 0 Å². The molecule has 2 amide bonds. The number of aromatic amines is 1. The van der Waals surface area contributed by atoms with E-state index in [-0.39, 0.29) is 34.6 Å². The summed E-state index contributed by atoms with van der Waals surface area (Å²) in [4.78, 5) is 42.1. The van der Waals surface area contributed by atoms with Crippen LogP contribution < -0.4 is 10.9 Å². The molecule has 0 radical (unpaired) electrons. The number of aromatic nitrogens is 3.